The van der Waals surface area contributed by atoms with Crippen molar-refractivity contribution in [3.05, 3.63) is 0 Å². The van der Waals surface area contributed by atoms with Gasteiger partial charge in [0.1, 0.15) is 0 Å². The lowest BCUT2D eigenvalue weighted by atomic mass is 10.0. The molecule has 2 amide bonds. The molecule has 2 unspecified atom stereocenters. The van der Waals surface area contributed by atoms with Crippen LogP contribution in [0.5, 0.6) is 0 Å². The Morgan fingerprint density at radius 3 is 3.00 bits per heavy atom. The topological polar surface area (TPSA) is 49.4 Å². The molecule has 0 spiro atoms. The molecule has 2 heterocycles. The van der Waals surface area contributed by atoms with Gasteiger partial charge in [0.15, 0.2) is 0 Å². The number of hydrogen-bond acceptors (Lipinski definition) is 2. The van der Waals surface area contributed by atoms with Crippen LogP contribution in [0.25, 0.3) is 0 Å². The van der Waals surface area contributed by atoms with Crippen molar-refractivity contribution in [2.24, 2.45) is 11.8 Å². The van der Waals surface area contributed by atoms with E-state index in [4.69, 9.17) is 0 Å². The molecule has 2 saturated heterocycles. The third-order valence-corrected chi connectivity index (χ3v) is 3.62. The summed E-state index contributed by atoms with van der Waals surface area (Å²) in [7, 11) is 0. The van der Waals surface area contributed by atoms with Crippen molar-refractivity contribution in [3.8, 4) is 0 Å². The number of carbonyl (C=O) groups is 2. The average Bonchev–Trinajstić information content (AvgIpc) is 2.87. The molecule has 0 radical (unpaired) electrons. The monoisotopic (exact) mass is 224 g/mol. The van der Waals surface area contributed by atoms with E-state index in [1.807, 2.05) is 4.90 Å². The molecule has 2 aliphatic rings. The molecule has 2 atom stereocenters. The summed E-state index contributed by atoms with van der Waals surface area (Å²) in [6.07, 6.45) is 3.92. The van der Waals surface area contributed by atoms with E-state index in [0.717, 1.165) is 19.5 Å². The number of amides is 2. The molecular weight excluding hydrogens is 204 g/mol. The van der Waals surface area contributed by atoms with Gasteiger partial charge in [-0.1, -0.05) is 13.3 Å². The van der Waals surface area contributed by atoms with E-state index >= 15 is 0 Å². The van der Waals surface area contributed by atoms with E-state index in [9.17, 15) is 9.59 Å². The highest BCUT2D eigenvalue weighted by Gasteiger charge is 2.34. The first-order valence-electron chi connectivity index (χ1n) is 6.26. The van der Waals surface area contributed by atoms with Gasteiger partial charge >= 0.3 is 0 Å². The Balaban J connectivity index is 1.84. The highest BCUT2D eigenvalue weighted by atomic mass is 16.2. The van der Waals surface area contributed by atoms with Gasteiger partial charge in [0.05, 0.1) is 5.92 Å². The molecule has 0 aromatic rings. The zero-order valence-corrected chi connectivity index (χ0v) is 9.87. The minimum absolute atomic E-state index is 0.0163. The molecule has 0 bridgehead atoms. The van der Waals surface area contributed by atoms with Gasteiger partial charge in [-0.3, -0.25) is 9.59 Å². The fourth-order valence-corrected chi connectivity index (χ4v) is 2.71. The fourth-order valence-electron chi connectivity index (χ4n) is 2.71. The maximum Gasteiger partial charge on any atom is 0.227 e. The summed E-state index contributed by atoms with van der Waals surface area (Å²) in [6.45, 7) is 4.50. The number of likely N-dealkylation sites (tertiary alicyclic amines) is 1. The summed E-state index contributed by atoms with van der Waals surface area (Å²) in [6, 6.07) is 0. The van der Waals surface area contributed by atoms with Crippen LogP contribution in [0.4, 0.5) is 0 Å². The second-order valence-electron chi connectivity index (χ2n) is 4.93. The van der Waals surface area contributed by atoms with Gasteiger partial charge in [0, 0.05) is 26.1 Å². The van der Waals surface area contributed by atoms with E-state index in [0.29, 0.717) is 18.9 Å². The van der Waals surface area contributed by atoms with Gasteiger partial charge in [-0.2, -0.15) is 0 Å². The standard InChI is InChI=1S/C12H20N2O2/c1-2-3-9-4-5-14(8-9)12(16)10-6-11(15)13-7-10/h9-10H,2-8H2,1H3,(H,13,15). The third kappa shape index (κ3) is 2.36. The number of hydrogen-bond donors (Lipinski definition) is 1. The summed E-state index contributed by atoms with van der Waals surface area (Å²) in [5.41, 5.74) is 0. The number of carbonyl (C=O) groups excluding carboxylic acids is 2. The summed E-state index contributed by atoms with van der Waals surface area (Å²) >= 11 is 0. The number of nitrogens with zero attached hydrogens (tertiary/aromatic N) is 1. The molecule has 0 aromatic heterocycles. The first kappa shape index (κ1) is 11.4. The summed E-state index contributed by atoms with van der Waals surface area (Å²) in [5, 5.41) is 2.72. The number of nitrogens with one attached hydrogen (secondary N) is 1. The Morgan fingerprint density at radius 2 is 2.38 bits per heavy atom. The maximum atomic E-state index is 12.1. The Bertz CT molecular complexity index is 291. The predicted octanol–water partition coefficient (Wildman–Crippen LogP) is 0.771. The van der Waals surface area contributed by atoms with Crippen LogP contribution in [-0.2, 0) is 9.59 Å². The Hall–Kier alpha value is -1.06. The van der Waals surface area contributed by atoms with E-state index in [2.05, 4.69) is 12.2 Å². The second-order valence-corrected chi connectivity index (χ2v) is 4.93. The highest BCUT2D eigenvalue weighted by molar-refractivity contribution is 5.89. The zero-order valence-electron chi connectivity index (χ0n) is 9.87. The molecule has 4 heteroatoms. The molecule has 0 saturated carbocycles. The average molecular weight is 224 g/mol. The van der Waals surface area contributed by atoms with Crippen molar-refractivity contribution in [3.63, 3.8) is 0 Å². The lowest BCUT2D eigenvalue weighted by Crippen LogP contribution is -2.35. The minimum atomic E-state index is -0.104. The van der Waals surface area contributed by atoms with Gasteiger partial charge in [-0.15, -0.1) is 0 Å². The van der Waals surface area contributed by atoms with E-state index < -0.39 is 0 Å². The molecule has 90 valence electrons. The van der Waals surface area contributed by atoms with E-state index in [1.165, 1.54) is 12.8 Å². The van der Waals surface area contributed by atoms with Crippen LogP contribution >= 0.6 is 0 Å². The van der Waals surface area contributed by atoms with Crippen LogP contribution in [0, 0.1) is 11.8 Å². The molecular formula is C12H20N2O2. The van der Waals surface area contributed by atoms with Crippen LogP contribution in [-0.4, -0.2) is 36.3 Å². The molecule has 2 fully saturated rings. The summed E-state index contributed by atoms with van der Waals surface area (Å²) < 4.78 is 0. The van der Waals surface area contributed by atoms with E-state index in [-0.39, 0.29) is 17.7 Å². The van der Waals surface area contributed by atoms with Crippen molar-refractivity contribution in [2.75, 3.05) is 19.6 Å². The molecule has 16 heavy (non-hydrogen) atoms. The van der Waals surface area contributed by atoms with Gasteiger partial charge in [-0.05, 0) is 18.8 Å². The Labute approximate surface area is 96.4 Å². The molecule has 4 nitrogen and oxygen atoms in total. The first-order valence-corrected chi connectivity index (χ1v) is 6.26. The maximum absolute atomic E-state index is 12.1. The van der Waals surface area contributed by atoms with Crippen molar-refractivity contribution in [1.82, 2.24) is 10.2 Å². The minimum Gasteiger partial charge on any atom is -0.355 e. The predicted molar refractivity (Wildman–Crippen MR) is 60.7 cm³/mol. The van der Waals surface area contributed by atoms with Gasteiger partial charge < -0.3 is 10.2 Å². The lowest BCUT2D eigenvalue weighted by molar-refractivity contribution is -0.134. The molecule has 0 aliphatic carbocycles. The van der Waals surface area contributed by atoms with Gasteiger partial charge in [-0.25, -0.2) is 0 Å². The normalized spacial score (nSPS) is 29.6. The molecule has 2 aliphatic heterocycles. The van der Waals surface area contributed by atoms with Crippen LogP contribution in [0.2, 0.25) is 0 Å². The summed E-state index contributed by atoms with van der Waals surface area (Å²) in [4.78, 5) is 25.1. The van der Waals surface area contributed by atoms with E-state index in [1.54, 1.807) is 0 Å². The first-order chi connectivity index (χ1) is 7.70. The fraction of sp³-hybridized carbons (Fsp3) is 0.833. The molecule has 2 rings (SSSR count). The largest absolute Gasteiger partial charge is 0.355 e. The van der Waals surface area contributed by atoms with Crippen molar-refractivity contribution in [1.29, 1.82) is 0 Å². The smallest absolute Gasteiger partial charge is 0.227 e. The van der Waals surface area contributed by atoms with Crippen molar-refractivity contribution < 1.29 is 9.59 Å². The SMILES string of the molecule is CCCC1CCN(C(=O)C2CNC(=O)C2)C1. The van der Waals surface area contributed by atoms with Crippen LogP contribution < -0.4 is 5.32 Å². The van der Waals surface area contributed by atoms with Crippen molar-refractivity contribution >= 4 is 11.8 Å². The Morgan fingerprint density at radius 1 is 1.56 bits per heavy atom. The van der Waals surface area contributed by atoms with Crippen LogP contribution in [0.15, 0.2) is 0 Å². The second kappa shape index (κ2) is 4.85. The van der Waals surface area contributed by atoms with Crippen LogP contribution in [0.1, 0.15) is 32.6 Å². The highest BCUT2D eigenvalue weighted by Crippen LogP contribution is 2.23. The number of rotatable bonds is 3. The molecule has 0 aromatic carbocycles. The van der Waals surface area contributed by atoms with Crippen molar-refractivity contribution in [2.45, 2.75) is 32.6 Å². The molecule has 1 N–H and O–H groups in total. The lowest BCUT2D eigenvalue weighted by Gasteiger charge is -2.19. The quantitative estimate of drug-likeness (QED) is 0.770. The summed E-state index contributed by atoms with van der Waals surface area (Å²) in [5.74, 6) is 0.770. The third-order valence-electron chi connectivity index (χ3n) is 3.62. The Kier molecular flexibility index (Phi) is 3.46. The van der Waals surface area contributed by atoms with Gasteiger partial charge in [0.2, 0.25) is 11.8 Å². The van der Waals surface area contributed by atoms with Crippen LogP contribution in [0.3, 0.4) is 0 Å². The zero-order chi connectivity index (χ0) is 11.5. The van der Waals surface area contributed by atoms with Gasteiger partial charge in [0.25, 0.3) is 0 Å².